The lowest BCUT2D eigenvalue weighted by Crippen LogP contribution is -2.32. The molecule has 1 aliphatic rings. The number of carbonyl (C=O) groups excluding carboxylic acids is 1. The van der Waals surface area contributed by atoms with E-state index in [1.54, 1.807) is 11.8 Å². The Morgan fingerprint density at radius 3 is 2.45 bits per heavy atom. The van der Waals surface area contributed by atoms with E-state index in [0.717, 1.165) is 35.1 Å². The molecule has 1 amide bonds. The summed E-state index contributed by atoms with van der Waals surface area (Å²) in [6, 6.07) is 0. The number of hydrogen-bond acceptors (Lipinski definition) is 4. The highest BCUT2D eigenvalue weighted by molar-refractivity contribution is 7.98. The van der Waals surface area contributed by atoms with Gasteiger partial charge < -0.3 is 5.32 Å². The van der Waals surface area contributed by atoms with Gasteiger partial charge in [0.15, 0.2) is 5.16 Å². The molecule has 0 aromatic carbocycles. The largest absolute Gasteiger partial charge is 0.356 e. The van der Waals surface area contributed by atoms with E-state index in [1.165, 1.54) is 19.3 Å². The molecule has 1 aromatic rings. The summed E-state index contributed by atoms with van der Waals surface area (Å²) in [5.74, 6) is 0.858. The predicted molar refractivity (Wildman–Crippen MR) is 82.0 cm³/mol. The summed E-state index contributed by atoms with van der Waals surface area (Å²) >= 11 is 1.55. The molecule has 5 heteroatoms. The lowest BCUT2D eigenvalue weighted by molar-refractivity contribution is -0.121. The summed E-state index contributed by atoms with van der Waals surface area (Å²) in [4.78, 5) is 20.7. The third-order valence-corrected chi connectivity index (χ3v) is 4.55. The highest BCUT2D eigenvalue weighted by Crippen LogP contribution is 2.25. The molecule has 0 atom stereocenters. The Kier molecular flexibility index (Phi) is 5.40. The average molecular weight is 293 g/mol. The molecule has 0 radical (unpaired) electrons. The first kappa shape index (κ1) is 15.3. The van der Waals surface area contributed by atoms with Crippen molar-refractivity contribution in [3.63, 3.8) is 0 Å². The molecule has 20 heavy (non-hydrogen) atoms. The van der Waals surface area contributed by atoms with Crippen molar-refractivity contribution in [1.29, 1.82) is 0 Å². The summed E-state index contributed by atoms with van der Waals surface area (Å²) < 4.78 is 0. The van der Waals surface area contributed by atoms with E-state index in [2.05, 4.69) is 15.3 Å². The zero-order valence-corrected chi connectivity index (χ0v) is 13.3. The van der Waals surface area contributed by atoms with Gasteiger partial charge in [-0.25, -0.2) is 9.97 Å². The first-order valence-corrected chi connectivity index (χ1v) is 8.47. The molecule has 0 aliphatic heterocycles. The van der Waals surface area contributed by atoms with Crippen molar-refractivity contribution >= 4 is 17.7 Å². The topological polar surface area (TPSA) is 54.9 Å². The van der Waals surface area contributed by atoms with Crippen LogP contribution in [-0.4, -0.2) is 28.7 Å². The lowest BCUT2D eigenvalue weighted by atomic mass is 9.85. The zero-order chi connectivity index (χ0) is 14.5. The molecule has 1 N–H and O–H groups in total. The average Bonchev–Trinajstić information content (AvgIpc) is 2.35. The van der Waals surface area contributed by atoms with Gasteiger partial charge in [0, 0.05) is 24.4 Å². The second kappa shape index (κ2) is 7.07. The van der Waals surface area contributed by atoms with Crippen molar-refractivity contribution < 1.29 is 4.79 Å². The Hall–Kier alpha value is -1.10. The maximum atomic E-state index is 11.9. The summed E-state index contributed by atoms with van der Waals surface area (Å²) in [7, 11) is 0. The van der Waals surface area contributed by atoms with E-state index >= 15 is 0 Å². The van der Waals surface area contributed by atoms with Crippen LogP contribution >= 0.6 is 11.8 Å². The van der Waals surface area contributed by atoms with Gasteiger partial charge in [-0.3, -0.25) is 4.79 Å². The van der Waals surface area contributed by atoms with Crippen molar-refractivity contribution in [2.75, 3.05) is 12.8 Å². The Bertz CT molecular complexity index is 463. The highest BCUT2D eigenvalue weighted by atomic mass is 32.2. The molecule has 4 nitrogen and oxygen atoms in total. The molecule has 0 saturated heterocycles. The quantitative estimate of drug-likeness (QED) is 0.647. The Morgan fingerprint density at radius 1 is 1.30 bits per heavy atom. The number of carbonyl (C=O) groups is 1. The van der Waals surface area contributed by atoms with E-state index in [9.17, 15) is 4.79 Å². The molecular formula is C15H23N3OS. The summed E-state index contributed by atoms with van der Waals surface area (Å²) in [5.41, 5.74) is 3.10. The first-order chi connectivity index (χ1) is 9.60. The number of aryl methyl sites for hydroxylation is 2. The van der Waals surface area contributed by atoms with Crippen LogP contribution in [0, 0.1) is 19.8 Å². The molecule has 1 aliphatic carbocycles. The lowest BCUT2D eigenvalue weighted by Gasteiger charge is -2.25. The molecule has 0 spiro atoms. The van der Waals surface area contributed by atoms with Gasteiger partial charge >= 0.3 is 0 Å². The van der Waals surface area contributed by atoms with Crippen LogP contribution in [0.5, 0.6) is 0 Å². The van der Waals surface area contributed by atoms with Crippen molar-refractivity contribution in [3.8, 4) is 0 Å². The molecule has 0 bridgehead atoms. The third kappa shape index (κ3) is 3.95. The van der Waals surface area contributed by atoms with Gasteiger partial charge in [-0.2, -0.15) is 0 Å². The first-order valence-electron chi connectivity index (χ1n) is 7.25. The van der Waals surface area contributed by atoms with Crippen LogP contribution < -0.4 is 5.32 Å². The number of hydrogen-bond donors (Lipinski definition) is 1. The number of nitrogens with zero attached hydrogens (tertiary/aromatic N) is 2. The maximum Gasteiger partial charge on any atom is 0.220 e. The summed E-state index contributed by atoms with van der Waals surface area (Å²) in [5, 5.41) is 3.84. The van der Waals surface area contributed by atoms with Crippen LogP contribution in [0.25, 0.3) is 0 Å². The fraction of sp³-hybridized carbons (Fsp3) is 0.667. The van der Waals surface area contributed by atoms with Crippen molar-refractivity contribution in [3.05, 3.63) is 17.0 Å². The Balaban J connectivity index is 1.84. The van der Waals surface area contributed by atoms with Gasteiger partial charge in [0.2, 0.25) is 5.91 Å². The SMILES string of the molecule is CSc1nc(C)c(CCC(=O)NCC2CCC2)c(C)n1. The molecule has 110 valence electrons. The second-order valence-corrected chi connectivity index (χ2v) is 6.23. The van der Waals surface area contributed by atoms with Crippen LogP contribution in [0.15, 0.2) is 5.16 Å². The number of nitrogens with one attached hydrogen (secondary N) is 1. The third-order valence-electron chi connectivity index (χ3n) is 4.00. The molecule has 2 rings (SSSR count). The fourth-order valence-electron chi connectivity index (χ4n) is 2.44. The Labute approximate surface area is 125 Å². The zero-order valence-electron chi connectivity index (χ0n) is 12.5. The predicted octanol–water partition coefficient (Wildman–Crippen LogP) is 2.66. The summed E-state index contributed by atoms with van der Waals surface area (Å²) in [6.45, 7) is 4.84. The number of amides is 1. The van der Waals surface area contributed by atoms with E-state index in [0.29, 0.717) is 12.3 Å². The molecule has 1 aromatic heterocycles. The minimum Gasteiger partial charge on any atom is -0.356 e. The van der Waals surface area contributed by atoms with Crippen molar-refractivity contribution in [2.24, 2.45) is 5.92 Å². The van der Waals surface area contributed by atoms with Crippen LogP contribution in [0.4, 0.5) is 0 Å². The van der Waals surface area contributed by atoms with E-state index < -0.39 is 0 Å². The van der Waals surface area contributed by atoms with Crippen molar-refractivity contribution in [2.45, 2.75) is 51.1 Å². The van der Waals surface area contributed by atoms with E-state index in [4.69, 9.17) is 0 Å². The van der Waals surface area contributed by atoms with E-state index in [-0.39, 0.29) is 5.91 Å². The van der Waals surface area contributed by atoms with E-state index in [1.807, 2.05) is 20.1 Å². The molecule has 1 saturated carbocycles. The second-order valence-electron chi connectivity index (χ2n) is 5.46. The minimum absolute atomic E-state index is 0.143. The van der Waals surface area contributed by atoms with Gasteiger partial charge in [0.25, 0.3) is 0 Å². The number of thioether (sulfide) groups is 1. The van der Waals surface area contributed by atoms with Crippen LogP contribution in [0.3, 0.4) is 0 Å². The van der Waals surface area contributed by atoms with Gasteiger partial charge in [0.05, 0.1) is 0 Å². The normalized spacial score (nSPS) is 14.9. The van der Waals surface area contributed by atoms with Gasteiger partial charge in [-0.05, 0) is 50.8 Å². The molecule has 0 unspecified atom stereocenters. The molecule has 1 fully saturated rings. The highest BCUT2D eigenvalue weighted by Gasteiger charge is 2.18. The van der Waals surface area contributed by atoms with Gasteiger partial charge in [-0.1, -0.05) is 18.2 Å². The smallest absolute Gasteiger partial charge is 0.220 e. The van der Waals surface area contributed by atoms with Crippen molar-refractivity contribution in [1.82, 2.24) is 15.3 Å². The summed E-state index contributed by atoms with van der Waals surface area (Å²) in [6.07, 6.45) is 7.07. The van der Waals surface area contributed by atoms with Crippen LogP contribution in [-0.2, 0) is 11.2 Å². The van der Waals surface area contributed by atoms with Gasteiger partial charge in [0.1, 0.15) is 0 Å². The standard InChI is InChI=1S/C15H23N3OS/c1-10-13(11(2)18-15(17-10)20-3)7-8-14(19)16-9-12-5-4-6-12/h12H,4-9H2,1-3H3,(H,16,19). The minimum atomic E-state index is 0.143. The maximum absolute atomic E-state index is 11.9. The number of aromatic nitrogens is 2. The van der Waals surface area contributed by atoms with Crippen LogP contribution in [0.1, 0.15) is 42.6 Å². The number of rotatable bonds is 6. The van der Waals surface area contributed by atoms with Crippen LogP contribution in [0.2, 0.25) is 0 Å². The molecular weight excluding hydrogens is 270 g/mol. The molecule has 1 heterocycles. The van der Waals surface area contributed by atoms with Gasteiger partial charge in [-0.15, -0.1) is 0 Å². The monoisotopic (exact) mass is 293 g/mol. The fourth-order valence-corrected chi connectivity index (χ4v) is 2.90. The Morgan fingerprint density at radius 2 is 1.95 bits per heavy atom.